The molecule has 0 spiro atoms. The molecule has 2 aromatic carbocycles. The summed E-state index contributed by atoms with van der Waals surface area (Å²) in [5.74, 6) is -0.389. The van der Waals surface area contributed by atoms with Gasteiger partial charge in [0.1, 0.15) is 23.5 Å². The number of rotatable bonds is 5. The molecule has 3 aromatic rings. The molecule has 25 heavy (non-hydrogen) atoms. The minimum Gasteiger partial charge on any atom is -0.342 e. The molecule has 1 heterocycles. The largest absolute Gasteiger partial charge is 0.342 e. The highest BCUT2D eigenvalue weighted by Gasteiger charge is 2.21. The van der Waals surface area contributed by atoms with Gasteiger partial charge < -0.3 is 9.88 Å². The maximum Gasteiger partial charge on any atom is 0.225 e. The van der Waals surface area contributed by atoms with Gasteiger partial charge in [-0.25, -0.2) is 13.8 Å². The zero-order valence-electron chi connectivity index (χ0n) is 13.6. The Bertz CT molecular complexity index is 874. The van der Waals surface area contributed by atoms with Gasteiger partial charge in [0.15, 0.2) is 0 Å². The first-order valence-corrected chi connectivity index (χ1v) is 7.79. The first-order valence-electron chi connectivity index (χ1n) is 7.79. The Kier molecular flexibility index (Phi) is 4.88. The minimum absolute atomic E-state index is 0.0415. The number of halogens is 2. The number of nitrogens with zero attached hydrogens (tertiary/aromatic N) is 2. The van der Waals surface area contributed by atoms with Gasteiger partial charge in [0.05, 0.1) is 6.42 Å². The first kappa shape index (κ1) is 16.8. The van der Waals surface area contributed by atoms with Crippen LogP contribution in [0.2, 0.25) is 0 Å². The molecule has 1 aromatic heterocycles. The maximum absolute atomic E-state index is 13.3. The molecule has 0 saturated heterocycles. The third-order valence-electron chi connectivity index (χ3n) is 3.88. The van der Waals surface area contributed by atoms with Crippen molar-refractivity contribution in [2.75, 3.05) is 0 Å². The number of benzene rings is 2. The summed E-state index contributed by atoms with van der Waals surface area (Å²) in [5, 5.41) is 2.90. The second-order valence-electron chi connectivity index (χ2n) is 5.76. The highest BCUT2D eigenvalue weighted by Crippen LogP contribution is 2.21. The lowest BCUT2D eigenvalue weighted by Gasteiger charge is -2.19. The summed E-state index contributed by atoms with van der Waals surface area (Å²) in [6.07, 6.45) is 3.44. The van der Waals surface area contributed by atoms with E-state index in [-0.39, 0.29) is 24.0 Å². The van der Waals surface area contributed by atoms with Gasteiger partial charge in [-0.3, -0.25) is 4.79 Å². The summed E-state index contributed by atoms with van der Waals surface area (Å²) < 4.78 is 28.3. The van der Waals surface area contributed by atoms with Crippen LogP contribution in [0.3, 0.4) is 0 Å². The van der Waals surface area contributed by atoms with E-state index >= 15 is 0 Å². The topological polar surface area (TPSA) is 46.9 Å². The van der Waals surface area contributed by atoms with E-state index in [4.69, 9.17) is 0 Å². The SMILES string of the molecule is Cn1ccnc1[C@@H](NC(=O)Cc1cccc(F)c1)c1ccc(F)cc1. The van der Waals surface area contributed by atoms with Gasteiger partial charge in [-0.2, -0.15) is 0 Å². The van der Waals surface area contributed by atoms with Crippen molar-refractivity contribution in [1.29, 1.82) is 0 Å². The second kappa shape index (κ2) is 7.25. The molecule has 0 unspecified atom stereocenters. The van der Waals surface area contributed by atoms with Crippen LogP contribution < -0.4 is 5.32 Å². The van der Waals surface area contributed by atoms with Crippen LogP contribution in [0.1, 0.15) is 23.0 Å². The molecule has 1 N–H and O–H groups in total. The van der Waals surface area contributed by atoms with Gasteiger partial charge in [-0.05, 0) is 35.4 Å². The first-order chi connectivity index (χ1) is 12.0. The molecule has 0 fully saturated rings. The molecule has 1 amide bonds. The Morgan fingerprint density at radius 2 is 1.92 bits per heavy atom. The molecule has 6 heteroatoms. The Morgan fingerprint density at radius 3 is 2.56 bits per heavy atom. The van der Waals surface area contributed by atoms with E-state index < -0.39 is 6.04 Å². The number of amides is 1. The third kappa shape index (κ3) is 4.09. The van der Waals surface area contributed by atoms with E-state index in [2.05, 4.69) is 10.3 Å². The van der Waals surface area contributed by atoms with E-state index in [0.29, 0.717) is 17.0 Å². The number of hydrogen-bond acceptors (Lipinski definition) is 2. The number of aryl methyl sites for hydroxylation is 1. The van der Waals surface area contributed by atoms with Crippen molar-refractivity contribution in [3.8, 4) is 0 Å². The Hall–Kier alpha value is -3.02. The average Bonchev–Trinajstić information content (AvgIpc) is 2.99. The van der Waals surface area contributed by atoms with Gasteiger partial charge >= 0.3 is 0 Å². The highest BCUT2D eigenvalue weighted by molar-refractivity contribution is 5.79. The van der Waals surface area contributed by atoms with Crippen molar-refractivity contribution >= 4 is 5.91 Å². The predicted octanol–water partition coefficient (Wildman–Crippen LogP) is 3.15. The summed E-state index contributed by atoms with van der Waals surface area (Å²) in [5.41, 5.74) is 1.29. The minimum atomic E-state index is -0.526. The molecular weight excluding hydrogens is 324 g/mol. The highest BCUT2D eigenvalue weighted by atomic mass is 19.1. The molecule has 0 aliphatic carbocycles. The summed E-state index contributed by atoms with van der Waals surface area (Å²) in [4.78, 5) is 16.7. The van der Waals surface area contributed by atoms with Crippen molar-refractivity contribution in [3.63, 3.8) is 0 Å². The van der Waals surface area contributed by atoms with E-state index in [9.17, 15) is 13.6 Å². The molecule has 0 radical (unpaired) electrons. The van der Waals surface area contributed by atoms with Gasteiger partial charge in [0.25, 0.3) is 0 Å². The molecule has 128 valence electrons. The monoisotopic (exact) mass is 341 g/mol. The zero-order chi connectivity index (χ0) is 17.8. The molecule has 0 aliphatic heterocycles. The van der Waals surface area contributed by atoms with Gasteiger partial charge in [-0.1, -0.05) is 24.3 Å². The maximum atomic E-state index is 13.3. The van der Waals surface area contributed by atoms with Gasteiger partial charge in [-0.15, -0.1) is 0 Å². The number of nitrogens with one attached hydrogen (secondary N) is 1. The molecule has 0 aliphatic rings. The van der Waals surface area contributed by atoms with Crippen LogP contribution in [-0.4, -0.2) is 15.5 Å². The zero-order valence-corrected chi connectivity index (χ0v) is 13.6. The average molecular weight is 341 g/mol. The summed E-state index contributed by atoms with van der Waals surface area (Å²) in [6.45, 7) is 0. The van der Waals surface area contributed by atoms with E-state index in [0.717, 1.165) is 0 Å². The lowest BCUT2D eigenvalue weighted by Crippen LogP contribution is -2.32. The standard InChI is InChI=1S/C19H17F2N3O/c1-24-10-9-22-19(24)18(14-5-7-15(20)8-6-14)23-17(25)12-13-3-2-4-16(21)11-13/h2-11,18H,12H2,1H3,(H,23,25)/t18-/m0/s1. The molecular formula is C19H17F2N3O. The number of imidazole rings is 1. The van der Waals surface area contributed by atoms with Crippen molar-refractivity contribution in [3.05, 3.63) is 89.5 Å². The Morgan fingerprint density at radius 1 is 1.16 bits per heavy atom. The smallest absolute Gasteiger partial charge is 0.225 e. The predicted molar refractivity (Wildman–Crippen MR) is 89.7 cm³/mol. The van der Waals surface area contributed by atoms with Crippen molar-refractivity contribution in [1.82, 2.24) is 14.9 Å². The van der Waals surface area contributed by atoms with Crippen LogP contribution >= 0.6 is 0 Å². The molecule has 4 nitrogen and oxygen atoms in total. The van der Waals surface area contributed by atoms with E-state index in [1.54, 1.807) is 41.2 Å². The van der Waals surface area contributed by atoms with Gasteiger partial charge in [0.2, 0.25) is 5.91 Å². The summed E-state index contributed by atoms with van der Waals surface area (Å²) >= 11 is 0. The molecule has 1 atom stereocenters. The van der Waals surface area contributed by atoms with Crippen LogP contribution in [0.25, 0.3) is 0 Å². The lowest BCUT2D eigenvalue weighted by molar-refractivity contribution is -0.121. The van der Waals surface area contributed by atoms with Crippen molar-refractivity contribution in [2.24, 2.45) is 7.05 Å². The second-order valence-corrected chi connectivity index (χ2v) is 5.76. The fourth-order valence-electron chi connectivity index (χ4n) is 2.65. The van der Waals surface area contributed by atoms with Crippen molar-refractivity contribution < 1.29 is 13.6 Å². The van der Waals surface area contributed by atoms with Crippen LogP contribution in [-0.2, 0) is 18.3 Å². The molecule has 3 rings (SSSR count). The fraction of sp³-hybridized carbons (Fsp3) is 0.158. The normalized spacial score (nSPS) is 12.0. The number of aromatic nitrogens is 2. The fourth-order valence-corrected chi connectivity index (χ4v) is 2.65. The van der Waals surface area contributed by atoms with Crippen LogP contribution in [0.5, 0.6) is 0 Å². The van der Waals surface area contributed by atoms with Crippen molar-refractivity contribution in [2.45, 2.75) is 12.5 Å². The molecule has 0 saturated carbocycles. The van der Waals surface area contributed by atoms with E-state index in [1.165, 1.54) is 24.3 Å². The Labute approximate surface area is 144 Å². The lowest BCUT2D eigenvalue weighted by atomic mass is 10.0. The van der Waals surface area contributed by atoms with E-state index in [1.807, 2.05) is 7.05 Å². The third-order valence-corrected chi connectivity index (χ3v) is 3.88. The molecule has 0 bridgehead atoms. The summed E-state index contributed by atoms with van der Waals surface area (Å²) in [7, 11) is 1.82. The van der Waals surface area contributed by atoms with Crippen LogP contribution in [0, 0.1) is 11.6 Å². The quantitative estimate of drug-likeness (QED) is 0.775. The number of carbonyl (C=O) groups is 1. The van der Waals surface area contributed by atoms with Gasteiger partial charge in [0, 0.05) is 19.4 Å². The number of hydrogen-bond donors (Lipinski definition) is 1. The Balaban J connectivity index is 1.83. The van der Waals surface area contributed by atoms with Crippen LogP contribution in [0.4, 0.5) is 8.78 Å². The number of carbonyl (C=O) groups excluding carboxylic acids is 1. The summed E-state index contributed by atoms with van der Waals surface area (Å²) in [6, 6.07) is 11.3. The van der Waals surface area contributed by atoms with Crippen LogP contribution in [0.15, 0.2) is 60.9 Å².